The largest absolute Gasteiger partial charge is 0.507 e. The van der Waals surface area contributed by atoms with Crippen LogP contribution >= 0.6 is 0 Å². The summed E-state index contributed by atoms with van der Waals surface area (Å²) in [4.78, 5) is 15.2. The Bertz CT molecular complexity index is 2020. The fraction of sp³-hybridized carbons (Fsp3) is 0.698. The molecule has 0 heterocycles. The Labute approximate surface area is 439 Å². The monoisotopic (exact) mass is 1000 g/mol. The van der Waals surface area contributed by atoms with Crippen molar-refractivity contribution < 1.29 is 43.1 Å². The maximum atomic E-state index is 15.2. The fourth-order valence-corrected chi connectivity index (χ4v) is 10.1. The van der Waals surface area contributed by atoms with Crippen LogP contribution in [0.25, 0.3) is 5.57 Å². The standard InChI is InChI=1S/C63H102O9/c1-20-23-26-29-32-35-38-70-44-41-43(42-45(71-39-36-33-30-27-24-21-2)55(44)72-40-37-34-31-28-25-22-3)46(47-56(66-16)49(60(4,5)6)53(64)50(57(47)67-17)61(7,8)9)48-58(68-18)51(62(10,11)12)54(65)52(59(48)69-19)63(13,14)15/h41-42,64H,20-40H2,1-19H3. The van der Waals surface area contributed by atoms with Gasteiger partial charge in [-0.1, -0.05) is 200 Å². The van der Waals surface area contributed by atoms with Gasteiger partial charge in [0, 0.05) is 27.8 Å². The molecule has 0 unspecified atom stereocenters. The van der Waals surface area contributed by atoms with Gasteiger partial charge in [-0.2, -0.15) is 0 Å². The highest BCUT2D eigenvalue weighted by Gasteiger charge is 2.46. The Morgan fingerprint density at radius 1 is 0.444 bits per heavy atom. The van der Waals surface area contributed by atoms with Gasteiger partial charge < -0.3 is 38.3 Å². The molecule has 0 bridgehead atoms. The number of benzene rings is 2. The highest BCUT2D eigenvalue weighted by molar-refractivity contribution is 6.14. The molecule has 408 valence electrons. The lowest BCUT2D eigenvalue weighted by Crippen LogP contribution is -2.33. The van der Waals surface area contributed by atoms with Gasteiger partial charge in [-0.15, -0.1) is 0 Å². The van der Waals surface area contributed by atoms with Gasteiger partial charge in [0.2, 0.25) is 5.75 Å². The number of hydrogen-bond donors (Lipinski definition) is 1. The predicted molar refractivity (Wildman–Crippen MR) is 300 cm³/mol. The van der Waals surface area contributed by atoms with Crippen molar-refractivity contribution in [3.8, 4) is 34.5 Å². The second kappa shape index (κ2) is 28.4. The molecule has 0 saturated carbocycles. The van der Waals surface area contributed by atoms with Crippen molar-refractivity contribution in [2.75, 3.05) is 48.3 Å². The van der Waals surface area contributed by atoms with Crippen LogP contribution in [-0.4, -0.2) is 59.1 Å². The molecule has 0 fully saturated rings. The van der Waals surface area contributed by atoms with Crippen molar-refractivity contribution >= 4 is 11.4 Å². The zero-order valence-corrected chi connectivity index (χ0v) is 49.2. The van der Waals surface area contributed by atoms with Crippen LogP contribution < -0.4 is 23.7 Å². The number of ether oxygens (including phenoxy) is 7. The van der Waals surface area contributed by atoms with Crippen molar-refractivity contribution in [3.05, 3.63) is 62.6 Å². The summed E-state index contributed by atoms with van der Waals surface area (Å²) in [6, 6.07) is 4.11. The summed E-state index contributed by atoms with van der Waals surface area (Å²) >= 11 is 0. The average Bonchev–Trinajstić information content (AvgIpc) is 3.29. The van der Waals surface area contributed by atoms with Gasteiger partial charge in [0.05, 0.1) is 59.4 Å². The van der Waals surface area contributed by atoms with E-state index in [1.165, 1.54) is 64.2 Å². The van der Waals surface area contributed by atoms with Crippen LogP contribution in [0.15, 0.2) is 40.4 Å². The van der Waals surface area contributed by atoms with E-state index in [2.05, 4.69) is 74.4 Å². The number of carbonyl (C=O) groups is 1. The van der Waals surface area contributed by atoms with Crippen LogP contribution in [0, 0.1) is 10.8 Å². The van der Waals surface area contributed by atoms with Crippen molar-refractivity contribution in [3.63, 3.8) is 0 Å². The molecule has 9 nitrogen and oxygen atoms in total. The number of rotatable bonds is 30. The molecule has 72 heavy (non-hydrogen) atoms. The smallest absolute Gasteiger partial charge is 0.203 e. The number of ketones is 1. The van der Waals surface area contributed by atoms with Gasteiger partial charge >= 0.3 is 0 Å². The van der Waals surface area contributed by atoms with E-state index >= 15 is 4.79 Å². The minimum atomic E-state index is -0.671. The molecule has 9 heteroatoms. The molecule has 3 rings (SSSR count). The lowest BCUT2D eigenvalue weighted by atomic mass is 9.68. The van der Waals surface area contributed by atoms with Crippen LogP contribution in [0.5, 0.6) is 34.5 Å². The quantitative estimate of drug-likeness (QED) is 0.0767. The first-order valence-corrected chi connectivity index (χ1v) is 27.9. The highest BCUT2D eigenvalue weighted by Crippen LogP contribution is 2.58. The minimum absolute atomic E-state index is 0.107. The van der Waals surface area contributed by atoms with Crippen molar-refractivity contribution in [1.82, 2.24) is 0 Å². The zero-order chi connectivity index (χ0) is 54.0. The number of aromatic hydroxyl groups is 1. The lowest BCUT2D eigenvalue weighted by molar-refractivity contribution is -0.114. The third-order valence-corrected chi connectivity index (χ3v) is 13.6. The van der Waals surface area contributed by atoms with Gasteiger partial charge in [-0.25, -0.2) is 0 Å². The van der Waals surface area contributed by atoms with E-state index in [0.717, 1.165) is 51.4 Å². The number of Topliss-reactive ketones (excluding diaryl/α,β-unsaturated/α-hetero) is 1. The molecule has 0 aliphatic heterocycles. The molecule has 0 saturated heterocycles. The Morgan fingerprint density at radius 2 is 0.778 bits per heavy atom. The number of methoxy groups -OCH3 is 4. The number of carbonyl (C=O) groups excluding carboxylic acids is 1. The van der Waals surface area contributed by atoms with Crippen molar-refractivity contribution in [2.24, 2.45) is 10.8 Å². The first-order valence-electron chi connectivity index (χ1n) is 27.9. The maximum absolute atomic E-state index is 15.2. The van der Waals surface area contributed by atoms with Gasteiger partial charge in [0.15, 0.2) is 17.3 Å². The van der Waals surface area contributed by atoms with Crippen LogP contribution in [-0.2, 0) is 25.1 Å². The maximum Gasteiger partial charge on any atom is 0.203 e. The summed E-state index contributed by atoms with van der Waals surface area (Å²) < 4.78 is 47.2. The first-order chi connectivity index (χ1) is 33.9. The molecule has 0 aromatic heterocycles. The normalized spacial score (nSPS) is 13.8. The molecule has 0 amide bonds. The van der Waals surface area contributed by atoms with Gasteiger partial charge in [-0.3, -0.25) is 4.79 Å². The molecular weight excluding hydrogens is 901 g/mol. The Kier molecular flexibility index (Phi) is 24.5. The predicted octanol–water partition coefficient (Wildman–Crippen LogP) is 17.5. The molecule has 0 atom stereocenters. The summed E-state index contributed by atoms with van der Waals surface area (Å²) in [7, 11) is 6.52. The summed E-state index contributed by atoms with van der Waals surface area (Å²) in [6.45, 7) is 33.0. The number of hydrogen-bond acceptors (Lipinski definition) is 9. The second-order valence-electron chi connectivity index (χ2n) is 24.1. The van der Waals surface area contributed by atoms with Gasteiger partial charge in [0.1, 0.15) is 28.8 Å². The van der Waals surface area contributed by atoms with E-state index in [9.17, 15) is 5.11 Å². The molecular formula is C63H102O9. The third kappa shape index (κ3) is 16.1. The van der Waals surface area contributed by atoms with Crippen molar-refractivity contribution in [2.45, 2.75) is 230 Å². The topological polar surface area (TPSA) is 102 Å². The summed E-state index contributed by atoms with van der Waals surface area (Å²) in [6.07, 6.45) is 20.2. The van der Waals surface area contributed by atoms with Crippen LogP contribution in [0.4, 0.5) is 0 Å². The fourth-order valence-electron chi connectivity index (χ4n) is 10.1. The van der Waals surface area contributed by atoms with E-state index in [4.69, 9.17) is 33.2 Å². The van der Waals surface area contributed by atoms with Crippen LogP contribution in [0.1, 0.15) is 242 Å². The molecule has 0 radical (unpaired) electrons. The molecule has 2 aromatic rings. The van der Waals surface area contributed by atoms with Gasteiger partial charge in [-0.05, 0) is 58.6 Å². The molecule has 1 N–H and O–H groups in total. The van der Waals surface area contributed by atoms with E-state index in [-0.39, 0.29) is 11.5 Å². The van der Waals surface area contributed by atoms with Crippen molar-refractivity contribution in [1.29, 1.82) is 0 Å². The molecule has 1 aliphatic carbocycles. The summed E-state index contributed by atoms with van der Waals surface area (Å²) in [5, 5.41) is 12.6. The Morgan fingerprint density at radius 3 is 1.08 bits per heavy atom. The first kappa shape index (κ1) is 62.0. The Balaban J connectivity index is 2.81. The summed E-state index contributed by atoms with van der Waals surface area (Å²) in [5.41, 5.74) is 2.13. The zero-order valence-electron chi connectivity index (χ0n) is 49.2. The Hall–Kier alpha value is -4.27. The minimum Gasteiger partial charge on any atom is -0.507 e. The number of phenolic OH excluding ortho intramolecular Hbond substituents is 1. The number of phenols is 1. The molecule has 2 aromatic carbocycles. The molecule has 0 spiro atoms. The third-order valence-electron chi connectivity index (χ3n) is 13.6. The van der Waals surface area contributed by atoms with E-state index in [1.54, 1.807) is 28.4 Å². The van der Waals surface area contributed by atoms with E-state index < -0.39 is 21.7 Å². The number of unbranched alkanes of at least 4 members (excludes halogenated alkanes) is 15. The lowest BCUT2D eigenvalue weighted by Gasteiger charge is -2.38. The van der Waals surface area contributed by atoms with Crippen LogP contribution in [0.3, 0.4) is 0 Å². The summed E-state index contributed by atoms with van der Waals surface area (Å²) in [5.74, 6) is 3.31. The van der Waals surface area contributed by atoms with Crippen LogP contribution in [0.2, 0.25) is 0 Å². The average molecular weight is 1000 g/mol. The number of allylic oxidation sites excluding steroid dienone is 2. The SMILES string of the molecule is CCCCCCCCOc1cc(C(=C2C(OC)=C(C(C)(C)C)C(=O)C(C(C)(C)C)=C2OC)c2c(OC)c(C(C)(C)C)c(O)c(C(C)(C)C)c2OC)cc(OCCCCCCCC)c1OCCCCCCCC. The highest BCUT2D eigenvalue weighted by atomic mass is 16.5. The van der Waals surface area contributed by atoms with Gasteiger partial charge in [0.25, 0.3) is 0 Å². The second-order valence-corrected chi connectivity index (χ2v) is 24.1. The molecule has 1 aliphatic rings. The van der Waals surface area contributed by atoms with E-state index in [0.29, 0.717) is 105 Å². The van der Waals surface area contributed by atoms with E-state index in [1.807, 2.05) is 41.5 Å².